The fourth-order valence-corrected chi connectivity index (χ4v) is 2.57. The van der Waals surface area contributed by atoms with Gasteiger partial charge in [0, 0.05) is 17.7 Å². The summed E-state index contributed by atoms with van der Waals surface area (Å²) in [6, 6.07) is 13.3. The van der Waals surface area contributed by atoms with E-state index in [-0.39, 0.29) is 29.6 Å². The second-order valence-electron chi connectivity index (χ2n) is 6.50. The molecule has 1 unspecified atom stereocenters. The standard InChI is InChI=1S/C21H21FN2O2/c1-14(23-20(25)12-5-15-3-2-4-18(22)13-15)16-8-10-19(11-9-16)24-21(26)17-6-7-17/h2-5,8-14,17H,6-7H2,1H3,(H,23,25)(H,24,26)/b12-5+. The Balaban J connectivity index is 1.54. The number of hydrogen-bond acceptors (Lipinski definition) is 2. The van der Waals surface area contributed by atoms with Crippen molar-refractivity contribution in [2.75, 3.05) is 5.32 Å². The fraction of sp³-hybridized carbons (Fsp3) is 0.238. The number of carbonyl (C=O) groups excluding carboxylic acids is 2. The van der Waals surface area contributed by atoms with Crippen molar-refractivity contribution in [2.24, 2.45) is 5.92 Å². The average molecular weight is 352 g/mol. The number of carbonyl (C=O) groups is 2. The third kappa shape index (κ3) is 5.02. The van der Waals surface area contributed by atoms with E-state index in [1.54, 1.807) is 18.2 Å². The van der Waals surface area contributed by atoms with E-state index in [4.69, 9.17) is 0 Å². The number of halogens is 1. The van der Waals surface area contributed by atoms with Gasteiger partial charge in [-0.15, -0.1) is 0 Å². The zero-order valence-electron chi connectivity index (χ0n) is 14.5. The van der Waals surface area contributed by atoms with Crippen LogP contribution >= 0.6 is 0 Å². The van der Waals surface area contributed by atoms with Crippen LogP contribution in [0.3, 0.4) is 0 Å². The van der Waals surface area contributed by atoms with Crippen LogP contribution in [0, 0.1) is 11.7 Å². The molecule has 0 saturated heterocycles. The van der Waals surface area contributed by atoms with Crippen LogP contribution in [0.1, 0.15) is 36.9 Å². The molecular formula is C21H21FN2O2. The van der Waals surface area contributed by atoms with Crippen molar-refractivity contribution in [3.63, 3.8) is 0 Å². The van der Waals surface area contributed by atoms with E-state index < -0.39 is 0 Å². The first-order valence-electron chi connectivity index (χ1n) is 8.66. The highest BCUT2D eigenvalue weighted by atomic mass is 19.1. The van der Waals surface area contributed by atoms with E-state index in [2.05, 4.69) is 10.6 Å². The number of amides is 2. The molecule has 0 aromatic heterocycles. The smallest absolute Gasteiger partial charge is 0.244 e. The van der Waals surface area contributed by atoms with Gasteiger partial charge in [-0.05, 0) is 61.2 Å². The third-order valence-electron chi connectivity index (χ3n) is 4.26. The first-order valence-corrected chi connectivity index (χ1v) is 8.66. The van der Waals surface area contributed by atoms with E-state index in [0.29, 0.717) is 5.56 Å². The molecule has 134 valence electrons. The number of anilines is 1. The van der Waals surface area contributed by atoms with Crippen molar-refractivity contribution in [2.45, 2.75) is 25.8 Å². The minimum absolute atomic E-state index is 0.0709. The van der Waals surface area contributed by atoms with Crippen molar-refractivity contribution in [1.29, 1.82) is 0 Å². The van der Waals surface area contributed by atoms with Gasteiger partial charge < -0.3 is 10.6 Å². The molecule has 0 spiro atoms. The molecular weight excluding hydrogens is 331 g/mol. The van der Waals surface area contributed by atoms with Gasteiger partial charge in [0.25, 0.3) is 0 Å². The van der Waals surface area contributed by atoms with Gasteiger partial charge in [-0.3, -0.25) is 9.59 Å². The lowest BCUT2D eigenvalue weighted by Gasteiger charge is -2.14. The molecule has 1 atom stereocenters. The highest BCUT2D eigenvalue weighted by molar-refractivity contribution is 5.94. The summed E-state index contributed by atoms with van der Waals surface area (Å²) >= 11 is 0. The van der Waals surface area contributed by atoms with Crippen LogP contribution < -0.4 is 10.6 Å². The monoisotopic (exact) mass is 352 g/mol. The van der Waals surface area contributed by atoms with E-state index in [0.717, 1.165) is 24.1 Å². The minimum atomic E-state index is -0.338. The Morgan fingerprint density at radius 2 is 1.88 bits per heavy atom. The molecule has 2 amide bonds. The summed E-state index contributed by atoms with van der Waals surface area (Å²) in [6.07, 6.45) is 4.89. The van der Waals surface area contributed by atoms with Gasteiger partial charge in [-0.2, -0.15) is 0 Å². The Labute approximate surface area is 152 Å². The van der Waals surface area contributed by atoms with Crippen LogP contribution in [0.5, 0.6) is 0 Å². The molecule has 26 heavy (non-hydrogen) atoms. The number of nitrogens with one attached hydrogen (secondary N) is 2. The first kappa shape index (κ1) is 17.9. The molecule has 5 heteroatoms. The van der Waals surface area contributed by atoms with Gasteiger partial charge in [0.1, 0.15) is 5.82 Å². The zero-order chi connectivity index (χ0) is 18.5. The molecule has 0 radical (unpaired) electrons. The minimum Gasteiger partial charge on any atom is -0.346 e. The number of hydrogen-bond donors (Lipinski definition) is 2. The summed E-state index contributed by atoms with van der Waals surface area (Å²) in [5.41, 5.74) is 2.32. The van der Waals surface area contributed by atoms with Crippen molar-refractivity contribution >= 4 is 23.6 Å². The molecule has 1 fully saturated rings. The van der Waals surface area contributed by atoms with Gasteiger partial charge in [0.2, 0.25) is 11.8 Å². The van der Waals surface area contributed by atoms with Gasteiger partial charge in [0.15, 0.2) is 0 Å². The predicted molar refractivity (Wildman–Crippen MR) is 99.8 cm³/mol. The van der Waals surface area contributed by atoms with Crippen LogP contribution in [0.15, 0.2) is 54.6 Å². The van der Waals surface area contributed by atoms with Crippen molar-refractivity contribution in [3.8, 4) is 0 Å². The van der Waals surface area contributed by atoms with Crippen LogP contribution in [0.2, 0.25) is 0 Å². The largest absolute Gasteiger partial charge is 0.346 e. The van der Waals surface area contributed by atoms with Gasteiger partial charge in [0.05, 0.1) is 6.04 Å². The average Bonchev–Trinajstić information content (AvgIpc) is 3.46. The molecule has 2 aromatic rings. The first-order chi connectivity index (χ1) is 12.5. The highest BCUT2D eigenvalue weighted by Crippen LogP contribution is 2.30. The van der Waals surface area contributed by atoms with Crippen LogP contribution in [-0.4, -0.2) is 11.8 Å². The summed E-state index contributed by atoms with van der Waals surface area (Å²) in [5, 5.41) is 5.75. The van der Waals surface area contributed by atoms with E-state index >= 15 is 0 Å². The van der Waals surface area contributed by atoms with Crippen molar-refractivity contribution in [1.82, 2.24) is 5.32 Å². The Hall–Kier alpha value is -2.95. The molecule has 0 bridgehead atoms. The Morgan fingerprint density at radius 3 is 2.54 bits per heavy atom. The SMILES string of the molecule is CC(NC(=O)/C=C/c1cccc(F)c1)c1ccc(NC(=O)C2CC2)cc1. The molecule has 4 nitrogen and oxygen atoms in total. The third-order valence-corrected chi connectivity index (χ3v) is 4.26. The Bertz CT molecular complexity index is 826. The molecule has 2 N–H and O–H groups in total. The van der Waals surface area contributed by atoms with Gasteiger partial charge >= 0.3 is 0 Å². The highest BCUT2D eigenvalue weighted by Gasteiger charge is 2.29. The van der Waals surface area contributed by atoms with Crippen molar-refractivity contribution in [3.05, 3.63) is 71.6 Å². The lowest BCUT2D eigenvalue weighted by molar-refractivity contribution is -0.118. The predicted octanol–water partition coefficient (Wildman–Crippen LogP) is 4.06. The topological polar surface area (TPSA) is 58.2 Å². The van der Waals surface area contributed by atoms with Crippen molar-refractivity contribution < 1.29 is 14.0 Å². The molecule has 1 aliphatic rings. The van der Waals surface area contributed by atoms with Crippen LogP contribution in [0.4, 0.5) is 10.1 Å². The lowest BCUT2D eigenvalue weighted by Crippen LogP contribution is -2.24. The summed E-state index contributed by atoms with van der Waals surface area (Å²) < 4.78 is 13.1. The maximum Gasteiger partial charge on any atom is 0.244 e. The summed E-state index contributed by atoms with van der Waals surface area (Å²) in [7, 11) is 0. The van der Waals surface area contributed by atoms with Crippen LogP contribution in [-0.2, 0) is 9.59 Å². The van der Waals surface area contributed by atoms with E-state index in [1.807, 2.05) is 31.2 Å². The molecule has 1 saturated carbocycles. The quantitative estimate of drug-likeness (QED) is 0.770. The molecule has 1 aliphatic carbocycles. The molecule has 2 aromatic carbocycles. The lowest BCUT2D eigenvalue weighted by atomic mass is 10.1. The molecule has 0 aliphatic heterocycles. The zero-order valence-corrected chi connectivity index (χ0v) is 14.5. The Kier molecular flexibility index (Phi) is 5.46. The van der Waals surface area contributed by atoms with E-state index in [9.17, 15) is 14.0 Å². The van der Waals surface area contributed by atoms with Gasteiger partial charge in [-0.25, -0.2) is 4.39 Å². The van der Waals surface area contributed by atoms with E-state index in [1.165, 1.54) is 18.2 Å². The molecule has 0 heterocycles. The Morgan fingerprint density at radius 1 is 1.15 bits per heavy atom. The van der Waals surface area contributed by atoms with Gasteiger partial charge in [-0.1, -0.05) is 24.3 Å². The second kappa shape index (κ2) is 7.95. The number of rotatable bonds is 6. The summed E-state index contributed by atoms with van der Waals surface area (Å²) in [4.78, 5) is 23.8. The normalized spacial score (nSPS) is 14.8. The fourth-order valence-electron chi connectivity index (χ4n) is 2.57. The molecule has 3 rings (SSSR count). The maximum atomic E-state index is 13.1. The van der Waals surface area contributed by atoms with Crippen LogP contribution in [0.25, 0.3) is 6.08 Å². The maximum absolute atomic E-state index is 13.1. The number of benzene rings is 2. The summed E-state index contributed by atoms with van der Waals surface area (Å²) in [5.74, 6) is -0.359. The second-order valence-corrected chi connectivity index (χ2v) is 6.50. The summed E-state index contributed by atoms with van der Waals surface area (Å²) in [6.45, 7) is 1.88.